The zero-order valence-electron chi connectivity index (χ0n) is 10.5. The summed E-state index contributed by atoms with van der Waals surface area (Å²) < 4.78 is 1.99. The molecule has 1 amide bonds. The highest BCUT2D eigenvalue weighted by Gasteiger charge is 2.20. The average Bonchev–Trinajstić information content (AvgIpc) is 2.76. The number of rotatable bonds is 4. The van der Waals surface area contributed by atoms with Crippen molar-refractivity contribution in [2.45, 2.75) is 38.5 Å². The van der Waals surface area contributed by atoms with E-state index in [1.165, 1.54) is 19.3 Å². The van der Waals surface area contributed by atoms with Crippen LogP contribution in [0.2, 0.25) is 0 Å². The molecule has 0 aliphatic heterocycles. The molecule has 0 bridgehead atoms. The molecule has 0 unspecified atom stereocenters. The van der Waals surface area contributed by atoms with Crippen LogP contribution in [0.1, 0.15) is 37.9 Å². The quantitative estimate of drug-likeness (QED) is 0.862. The second kappa shape index (κ2) is 5.84. The van der Waals surface area contributed by atoms with Gasteiger partial charge in [-0.15, -0.1) is 0 Å². The summed E-state index contributed by atoms with van der Waals surface area (Å²) in [5.74, 6) is 1.51. The van der Waals surface area contributed by atoms with Crippen LogP contribution in [-0.4, -0.2) is 22.0 Å². The van der Waals surface area contributed by atoms with Gasteiger partial charge in [0.25, 0.3) is 0 Å². The molecule has 0 spiro atoms. The molecule has 1 aliphatic rings. The summed E-state index contributed by atoms with van der Waals surface area (Å²) in [7, 11) is 1.98. The van der Waals surface area contributed by atoms with Crippen LogP contribution in [0.5, 0.6) is 0 Å². The van der Waals surface area contributed by atoms with E-state index in [0.717, 1.165) is 25.1 Å². The molecule has 1 heterocycles. The normalized spacial score (nSPS) is 17.0. The van der Waals surface area contributed by atoms with Crippen LogP contribution in [-0.2, 0) is 18.3 Å². The number of nitrogens with zero attached hydrogens (tertiary/aromatic N) is 2. The van der Waals surface area contributed by atoms with Gasteiger partial charge in [-0.2, -0.15) is 0 Å². The monoisotopic (exact) mass is 235 g/mol. The van der Waals surface area contributed by atoms with Gasteiger partial charge in [-0.25, -0.2) is 4.98 Å². The third-order valence-corrected chi connectivity index (χ3v) is 3.54. The summed E-state index contributed by atoms with van der Waals surface area (Å²) in [5, 5.41) is 3.03. The van der Waals surface area contributed by atoms with Gasteiger partial charge in [-0.1, -0.05) is 19.3 Å². The molecule has 0 atom stereocenters. The summed E-state index contributed by atoms with van der Waals surface area (Å²) >= 11 is 0. The number of carbonyl (C=O) groups excluding carboxylic acids is 1. The van der Waals surface area contributed by atoms with Crippen LogP contribution in [0.4, 0.5) is 0 Å². The van der Waals surface area contributed by atoms with Crippen molar-refractivity contribution in [2.24, 2.45) is 13.0 Å². The number of aromatic nitrogens is 2. The van der Waals surface area contributed by atoms with Crippen molar-refractivity contribution in [3.63, 3.8) is 0 Å². The largest absolute Gasteiger partial charge is 0.355 e. The third kappa shape index (κ3) is 3.32. The average molecular weight is 235 g/mol. The molecule has 4 nitrogen and oxygen atoms in total. The maximum atomic E-state index is 11.9. The van der Waals surface area contributed by atoms with Gasteiger partial charge >= 0.3 is 0 Å². The number of nitrogens with one attached hydrogen (secondary N) is 1. The maximum Gasteiger partial charge on any atom is 0.223 e. The van der Waals surface area contributed by atoms with E-state index in [9.17, 15) is 4.79 Å². The predicted octanol–water partition coefficient (Wildman–Crippen LogP) is 1.66. The van der Waals surface area contributed by atoms with Crippen molar-refractivity contribution >= 4 is 5.91 Å². The van der Waals surface area contributed by atoms with Gasteiger partial charge in [-0.3, -0.25) is 4.79 Å². The van der Waals surface area contributed by atoms with E-state index < -0.39 is 0 Å². The predicted molar refractivity (Wildman–Crippen MR) is 66.5 cm³/mol. The molecule has 1 saturated carbocycles. The van der Waals surface area contributed by atoms with Gasteiger partial charge in [0.2, 0.25) is 5.91 Å². The first-order chi connectivity index (χ1) is 8.27. The van der Waals surface area contributed by atoms with Gasteiger partial charge in [0.05, 0.1) is 0 Å². The standard InChI is InChI=1S/C13H21N3O/c1-16-10-9-14-12(16)7-8-15-13(17)11-5-3-2-4-6-11/h9-11H,2-8H2,1H3,(H,15,17). The van der Waals surface area contributed by atoms with Gasteiger partial charge in [0, 0.05) is 38.3 Å². The minimum atomic E-state index is 0.235. The Hall–Kier alpha value is -1.32. The van der Waals surface area contributed by atoms with Crippen LogP contribution < -0.4 is 5.32 Å². The zero-order chi connectivity index (χ0) is 12.1. The minimum Gasteiger partial charge on any atom is -0.355 e. The van der Waals surface area contributed by atoms with Crippen molar-refractivity contribution in [3.05, 3.63) is 18.2 Å². The Morgan fingerprint density at radius 1 is 1.47 bits per heavy atom. The van der Waals surface area contributed by atoms with Crippen molar-refractivity contribution < 1.29 is 4.79 Å². The highest BCUT2D eigenvalue weighted by atomic mass is 16.1. The molecule has 4 heteroatoms. The lowest BCUT2D eigenvalue weighted by Crippen LogP contribution is -2.33. The smallest absolute Gasteiger partial charge is 0.223 e. The van der Waals surface area contributed by atoms with Gasteiger partial charge in [-0.05, 0) is 12.8 Å². The van der Waals surface area contributed by atoms with E-state index in [1.54, 1.807) is 6.20 Å². The lowest BCUT2D eigenvalue weighted by atomic mass is 9.89. The lowest BCUT2D eigenvalue weighted by Gasteiger charge is -2.20. The van der Waals surface area contributed by atoms with Crippen molar-refractivity contribution in [1.29, 1.82) is 0 Å². The summed E-state index contributed by atoms with van der Waals surface area (Å²) in [6.45, 7) is 0.695. The van der Waals surface area contributed by atoms with E-state index in [1.807, 2.05) is 17.8 Å². The fourth-order valence-corrected chi connectivity index (χ4v) is 2.44. The molecule has 1 aliphatic carbocycles. The van der Waals surface area contributed by atoms with E-state index in [4.69, 9.17) is 0 Å². The van der Waals surface area contributed by atoms with E-state index in [-0.39, 0.29) is 11.8 Å². The van der Waals surface area contributed by atoms with Crippen molar-refractivity contribution in [3.8, 4) is 0 Å². The number of aryl methyl sites for hydroxylation is 1. The molecule has 1 aromatic heterocycles. The highest BCUT2D eigenvalue weighted by Crippen LogP contribution is 2.23. The Morgan fingerprint density at radius 2 is 2.24 bits per heavy atom. The third-order valence-electron chi connectivity index (χ3n) is 3.54. The fraction of sp³-hybridized carbons (Fsp3) is 0.692. The number of carbonyl (C=O) groups is 1. The van der Waals surface area contributed by atoms with Crippen LogP contribution in [0.25, 0.3) is 0 Å². The molecule has 2 rings (SSSR count). The van der Waals surface area contributed by atoms with Gasteiger partial charge in [0.15, 0.2) is 0 Å². The topological polar surface area (TPSA) is 46.9 Å². The van der Waals surface area contributed by atoms with Crippen LogP contribution in [0.15, 0.2) is 12.4 Å². The lowest BCUT2D eigenvalue weighted by molar-refractivity contribution is -0.125. The van der Waals surface area contributed by atoms with Crippen molar-refractivity contribution in [2.75, 3.05) is 6.54 Å². The number of hydrogen-bond donors (Lipinski definition) is 1. The fourth-order valence-electron chi connectivity index (χ4n) is 2.44. The van der Waals surface area contributed by atoms with Gasteiger partial charge in [0.1, 0.15) is 5.82 Å². The number of hydrogen-bond acceptors (Lipinski definition) is 2. The van der Waals surface area contributed by atoms with Crippen LogP contribution >= 0.6 is 0 Å². The Balaban J connectivity index is 1.71. The molecule has 0 aromatic carbocycles. The molecule has 94 valence electrons. The Kier molecular flexibility index (Phi) is 4.18. The SMILES string of the molecule is Cn1ccnc1CCNC(=O)C1CCCCC1. The molecule has 1 N–H and O–H groups in total. The van der Waals surface area contributed by atoms with E-state index in [2.05, 4.69) is 10.3 Å². The number of amides is 1. The van der Waals surface area contributed by atoms with Crippen LogP contribution in [0, 0.1) is 5.92 Å². The highest BCUT2D eigenvalue weighted by molar-refractivity contribution is 5.78. The van der Waals surface area contributed by atoms with Gasteiger partial charge < -0.3 is 9.88 Å². The first kappa shape index (κ1) is 12.1. The summed E-state index contributed by atoms with van der Waals surface area (Å²) in [6, 6.07) is 0. The molecule has 0 radical (unpaired) electrons. The first-order valence-electron chi connectivity index (χ1n) is 6.51. The summed E-state index contributed by atoms with van der Waals surface area (Å²) in [6.07, 6.45) is 10.4. The second-order valence-corrected chi connectivity index (χ2v) is 4.83. The molecule has 0 saturated heterocycles. The van der Waals surface area contributed by atoms with Crippen LogP contribution in [0.3, 0.4) is 0 Å². The molecule has 1 aromatic rings. The van der Waals surface area contributed by atoms with Crippen molar-refractivity contribution in [1.82, 2.24) is 14.9 Å². The number of imidazole rings is 1. The second-order valence-electron chi connectivity index (χ2n) is 4.83. The Morgan fingerprint density at radius 3 is 2.88 bits per heavy atom. The molecule has 17 heavy (non-hydrogen) atoms. The summed E-state index contributed by atoms with van der Waals surface area (Å²) in [4.78, 5) is 16.1. The molecular weight excluding hydrogens is 214 g/mol. The van der Waals surface area contributed by atoms with E-state index in [0.29, 0.717) is 6.54 Å². The first-order valence-corrected chi connectivity index (χ1v) is 6.51. The molecular formula is C13H21N3O. The maximum absolute atomic E-state index is 11.9. The van der Waals surface area contributed by atoms with E-state index >= 15 is 0 Å². The minimum absolute atomic E-state index is 0.235. The Labute approximate surface area is 102 Å². The zero-order valence-corrected chi connectivity index (χ0v) is 10.5. The Bertz CT molecular complexity index is 366. The summed E-state index contributed by atoms with van der Waals surface area (Å²) in [5.41, 5.74) is 0. The molecule has 1 fully saturated rings.